The van der Waals surface area contributed by atoms with E-state index in [0.29, 0.717) is 5.56 Å². The van der Waals surface area contributed by atoms with E-state index in [1.807, 2.05) is 40.8 Å². The van der Waals surface area contributed by atoms with Gasteiger partial charge in [-0.3, -0.25) is 0 Å². The number of pyridine rings is 1. The van der Waals surface area contributed by atoms with Crippen LogP contribution in [0.1, 0.15) is 41.6 Å². The molecule has 0 aliphatic heterocycles. The van der Waals surface area contributed by atoms with Gasteiger partial charge in [0.15, 0.2) is 6.20 Å². The van der Waals surface area contributed by atoms with Gasteiger partial charge in [-0.2, -0.15) is 0 Å². The third-order valence-corrected chi connectivity index (χ3v) is 3.55. The first-order valence-corrected chi connectivity index (χ1v) is 6.72. The predicted molar refractivity (Wildman–Crippen MR) is 81.2 cm³/mol. The molecule has 0 N–H and O–H groups in total. The number of halogens is 1. The highest BCUT2D eigenvalue weighted by Crippen LogP contribution is 2.29. The number of benzene rings is 1. The second-order valence-corrected chi connectivity index (χ2v) is 6.31. The molecule has 0 fully saturated rings. The summed E-state index contributed by atoms with van der Waals surface area (Å²) in [7, 11) is 1.82. The third kappa shape index (κ3) is 2.74. The van der Waals surface area contributed by atoms with E-state index in [1.54, 1.807) is 16.8 Å². The Hall–Kier alpha value is -1.70. The molecule has 1 aromatic heterocycles. The Balaban J connectivity index is 2.77. The smallest absolute Gasteiger partial charge is 0.207 e. The van der Waals surface area contributed by atoms with Gasteiger partial charge in [0.25, 0.3) is 0 Å². The van der Waals surface area contributed by atoms with Crippen LogP contribution in [0.5, 0.6) is 0 Å². The normalized spacial score (nSPS) is 14.6. The second kappa shape index (κ2) is 5.01. The molecule has 0 radical (unpaired) electrons. The molecule has 0 aliphatic rings. The summed E-state index contributed by atoms with van der Waals surface area (Å²) < 4.78 is 38.6. The van der Waals surface area contributed by atoms with Crippen LogP contribution < -0.4 is 4.57 Å². The van der Waals surface area contributed by atoms with E-state index in [4.69, 9.17) is 4.11 Å². The number of nitrogens with zero attached hydrogens (tertiary/aromatic N) is 1. The molecule has 0 atom stereocenters. The molecule has 1 heterocycles. The van der Waals surface area contributed by atoms with Gasteiger partial charge in [-0.1, -0.05) is 20.8 Å². The molecule has 2 aromatic rings. The van der Waals surface area contributed by atoms with Crippen molar-refractivity contribution in [1.29, 1.82) is 0 Å². The van der Waals surface area contributed by atoms with Crippen LogP contribution in [0.25, 0.3) is 11.3 Å². The number of rotatable bonds is 1. The average Bonchev–Trinajstić information content (AvgIpc) is 2.36. The molecule has 1 aromatic carbocycles. The molecule has 0 spiro atoms. The quantitative estimate of drug-likeness (QED) is 0.686. The Bertz CT molecular complexity index is 743. The first kappa shape index (κ1) is 11.0. The summed E-state index contributed by atoms with van der Waals surface area (Å²) in [6.07, 6.45) is 1.67. The highest BCUT2D eigenvalue weighted by atomic mass is 19.1. The summed E-state index contributed by atoms with van der Waals surface area (Å²) in [5.74, 6) is -0.274. The molecular formula is C18H23FN+. The molecule has 2 rings (SSSR count). The van der Waals surface area contributed by atoms with Gasteiger partial charge in [-0.05, 0) is 48.5 Å². The minimum atomic E-state index is -2.17. The van der Waals surface area contributed by atoms with Crippen molar-refractivity contribution in [3.05, 3.63) is 53.0 Å². The lowest BCUT2D eigenvalue weighted by Gasteiger charge is -2.21. The lowest BCUT2D eigenvalue weighted by Crippen LogP contribution is -2.33. The van der Waals surface area contributed by atoms with Crippen molar-refractivity contribution in [2.75, 3.05) is 0 Å². The van der Waals surface area contributed by atoms with Gasteiger partial charge in [0.1, 0.15) is 12.9 Å². The van der Waals surface area contributed by atoms with Crippen molar-refractivity contribution in [2.45, 2.75) is 40.0 Å². The standard InChI is InChI=1S/C18H23FN/c1-12-9-14(19)7-8-15(12)17-10-16(18(3,4)5)13(2)11-20(17)6/h7-11H,1-6H3/q+1/i2D3. The van der Waals surface area contributed by atoms with Crippen LogP contribution in [0, 0.1) is 19.6 Å². The van der Waals surface area contributed by atoms with Crippen LogP contribution in [-0.2, 0) is 12.5 Å². The minimum absolute atomic E-state index is 0.274. The summed E-state index contributed by atoms with van der Waals surface area (Å²) in [6, 6.07) is 6.57. The number of aryl methyl sites for hydroxylation is 3. The van der Waals surface area contributed by atoms with Crippen molar-refractivity contribution in [1.82, 2.24) is 0 Å². The first-order valence-electron chi connectivity index (χ1n) is 8.22. The molecule has 0 bridgehead atoms. The van der Waals surface area contributed by atoms with Gasteiger partial charge < -0.3 is 0 Å². The second-order valence-electron chi connectivity index (χ2n) is 6.31. The van der Waals surface area contributed by atoms with E-state index in [0.717, 1.165) is 22.4 Å². The number of hydrogen-bond acceptors (Lipinski definition) is 0. The average molecular weight is 275 g/mol. The predicted octanol–water partition coefficient (Wildman–Crippen LogP) is 4.23. The SMILES string of the molecule is [2H]C([2H])([2H])c1c[n+](C)c(-c2ccc(F)cc2C)cc1C(C)(C)C. The Kier molecular flexibility index (Phi) is 2.76. The van der Waals surface area contributed by atoms with Crippen LogP contribution in [0.4, 0.5) is 4.39 Å². The molecule has 1 nitrogen and oxygen atoms in total. The van der Waals surface area contributed by atoms with Crippen LogP contribution in [-0.4, -0.2) is 0 Å². The molecule has 0 saturated heterocycles. The van der Waals surface area contributed by atoms with Gasteiger partial charge >= 0.3 is 0 Å². The molecule has 20 heavy (non-hydrogen) atoms. The van der Waals surface area contributed by atoms with Crippen LogP contribution >= 0.6 is 0 Å². The van der Waals surface area contributed by atoms with Crippen molar-refractivity contribution in [2.24, 2.45) is 7.05 Å². The fraction of sp³-hybridized carbons (Fsp3) is 0.389. The van der Waals surface area contributed by atoms with Gasteiger partial charge in [0.05, 0.1) is 0 Å². The van der Waals surface area contributed by atoms with Gasteiger partial charge in [-0.15, -0.1) is 0 Å². The van der Waals surface area contributed by atoms with Gasteiger partial charge in [0, 0.05) is 21.3 Å². The number of hydrogen-bond donors (Lipinski definition) is 0. The lowest BCUT2D eigenvalue weighted by molar-refractivity contribution is -0.660. The Morgan fingerprint density at radius 3 is 2.40 bits per heavy atom. The van der Waals surface area contributed by atoms with E-state index in [2.05, 4.69) is 0 Å². The van der Waals surface area contributed by atoms with E-state index >= 15 is 0 Å². The fourth-order valence-corrected chi connectivity index (χ4v) is 2.45. The highest BCUT2D eigenvalue weighted by Gasteiger charge is 2.22. The molecule has 2 heteroatoms. The molecule has 0 saturated carbocycles. The highest BCUT2D eigenvalue weighted by molar-refractivity contribution is 5.62. The zero-order valence-electron chi connectivity index (χ0n) is 15.7. The Morgan fingerprint density at radius 2 is 1.85 bits per heavy atom. The van der Waals surface area contributed by atoms with Gasteiger partial charge in [-0.25, -0.2) is 8.96 Å². The maximum atomic E-state index is 13.4. The molecule has 106 valence electrons. The van der Waals surface area contributed by atoms with E-state index < -0.39 is 6.85 Å². The van der Waals surface area contributed by atoms with E-state index in [-0.39, 0.29) is 11.2 Å². The molecular weight excluding hydrogens is 249 g/mol. The molecule has 0 amide bonds. The number of aromatic nitrogens is 1. The maximum Gasteiger partial charge on any atom is 0.212 e. The summed E-state index contributed by atoms with van der Waals surface area (Å²) in [4.78, 5) is 0. The van der Waals surface area contributed by atoms with E-state index in [9.17, 15) is 4.39 Å². The summed E-state index contributed by atoms with van der Waals surface area (Å²) in [5.41, 5.74) is 3.44. The fourth-order valence-electron chi connectivity index (χ4n) is 2.45. The van der Waals surface area contributed by atoms with Crippen molar-refractivity contribution < 1.29 is 13.1 Å². The maximum absolute atomic E-state index is 13.4. The van der Waals surface area contributed by atoms with Crippen molar-refractivity contribution in [3.63, 3.8) is 0 Å². The summed E-state index contributed by atoms with van der Waals surface area (Å²) in [6.45, 7) is 5.68. The van der Waals surface area contributed by atoms with Gasteiger partial charge in [0.2, 0.25) is 5.69 Å². The van der Waals surface area contributed by atoms with E-state index in [1.165, 1.54) is 12.1 Å². The summed E-state index contributed by atoms with van der Waals surface area (Å²) in [5, 5.41) is 0. The third-order valence-electron chi connectivity index (χ3n) is 3.55. The lowest BCUT2D eigenvalue weighted by atomic mass is 9.84. The van der Waals surface area contributed by atoms with Crippen molar-refractivity contribution >= 4 is 0 Å². The van der Waals surface area contributed by atoms with Crippen LogP contribution in [0.15, 0.2) is 30.5 Å². The largest absolute Gasteiger partial charge is 0.212 e. The minimum Gasteiger partial charge on any atom is -0.207 e. The van der Waals surface area contributed by atoms with Crippen LogP contribution in [0.2, 0.25) is 0 Å². The van der Waals surface area contributed by atoms with Crippen molar-refractivity contribution in [3.8, 4) is 11.3 Å². The first-order chi connectivity index (χ1) is 10.4. The Morgan fingerprint density at radius 1 is 1.15 bits per heavy atom. The monoisotopic (exact) mass is 275 g/mol. The molecule has 0 aliphatic carbocycles. The molecule has 0 unspecified atom stereocenters. The van der Waals surface area contributed by atoms with Crippen LogP contribution in [0.3, 0.4) is 0 Å². The zero-order valence-corrected chi connectivity index (χ0v) is 12.7. The summed E-state index contributed by atoms with van der Waals surface area (Å²) >= 11 is 0. The zero-order chi connectivity index (χ0) is 17.6. The Labute approximate surface area is 125 Å². The topological polar surface area (TPSA) is 3.88 Å².